The molecule has 0 aromatic heterocycles. The van der Waals surface area contributed by atoms with E-state index in [1.54, 1.807) is 24.3 Å². The molecular weight excluding hydrogens is 656 g/mol. The van der Waals surface area contributed by atoms with Gasteiger partial charge in [0.05, 0.1) is 16.9 Å². The van der Waals surface area contributed by atoms with Gasteiger partial charge in [0.15, 0.2) is 6.61 Å². The van der Waals surface area contributed by atoms with E-state index >= 15 is 0 Å². The maximum absolute atomic E-state index is 14.5. The average molecular weight is 679 g/mol. The van der Waals surface area contributed by atoms with Gasteiger partial charge >= 0.3 is 5.97 Å². The van der Waals surface area contributed by atoms with Crippen molar-refractivity contribution in [2.45, 2.75) is 22.2 Å². The largest absolute Gasteiger partial charge is 0.456 e. The summed E-state index contributed by atoms with van der Waals surface area (Å²) in [5.74, 6) is -4.92. The number of carbonyl (C=O) groups is 4. The molecule has 0 unspecified atom stereocenters. The van der Waals surface area contributed by atoms with Crippen LogP contribution in [0.5, 0.6) is 0 Å². The zero-order valence-electron chi connectivity index (χ0n) is 23.4. The van der Waals surface area contributed by atoms with E-state index in [1.807, 2.05) is 54.6 Å². The van der Waals surface area contributed by atoms with Crippen LogP contribution in [0.4, 0.5) is 0 Å². The number of hydrogen-bond acceptors (Lipinski definition) is 5. The molecule has 2 bridgehead atoms. The van der Waals surface area contributed by atoms with Gasteiger partial charge in [0.1, 0.15) is 15.8 Å². The molecule has 2 amide bonds. The molecule has 0 saturated carbocycles. The Morgan fingerprint density at radius 3 is 1.71 bits per heavy atom. The van der Waals surface area contributed by atoms with Crippen molar-refractivity contribution >= 4 is 70.0 Å². The van der Waals surface area contributed by atoms with Crippen molar-refractivity contribution in [3.05, 3.63) is 140 Å². The number of Topliss-reactive ketones (excluding diaryl/α,β-unsaturated/α-hetero) is 1. The summed E-state index contributed by atoms with van der Waals surface area (Å²) in [5, 5.41) is 0.448. The third kappa shape index (κ3) is 4.38. The molecule has 10 heteroatoms. The maximum Gasteiger partial charge on any atom is 0.330 e. The predicted octanol–water partition coefficient (Wildman–Crippen LogP) is 6.92. The highest BCUT2D eigenvalue weighted by Crippen LogP contribution is 2.69. The smallest absolute Gasteiger partial charge is 0.330 e. The van der Waals surface area contributed by atoms with E-state index in [4.69, 9.17) is 51.1 Å². The Morgan fingerprint density at radius 2 is 1.22 bits per heavy atom. The third-order valence-corrected chi connectivity index (χ3v) is 10.9. The van der Waals surface area contributed by atoms with Gasteiger partial charge < -0.3 is 4.74 Å². The SMILES string of the molecule is O=C(COC(=O)[C@H](Cc1ccccc1)N1C(=O)[C@@H]2[C@@H](C1=O)C1(Cl)c3ccccc3C2(Cl)c2ccccc21)c1ccc(Cl)cc1Cl. The van der Waals surface area contributed by atoms with Crippen LogP contribution in [0.3, 0.4) is 0 Å². The van der Waals surface area contributed by atoms with E-state index in [0.717, 1.165) is 4.90 Å². The van der Waals surface area contributed by atoms with Gasteiger partial charge in [-0.2, -0.15) is 0 Å². The van der Waals surface area contributed by atoms with Gasteiger partial charge in [0.25, 0.3) is 0 Å². The van der Waals surface area contributed by atoms with Gasteiger partial charge in [0.2, 0.25) is 17.6 Å². The second-order valence-corrected chi connectivity index (χ2v) is 13.4. The molecule has 3 atom stereocenters. The minimum atomic E-state index is -1.40. The highest BCUT2D eigenvalue weighted by Gasteiger charge is 2.73. The monoisotopic (exact) mass is 677 g/mol. The molecule has 3 aliphatic carbocycles. The Kier molecular flexibility index (Phi) is 7.33. The summed E-state index contributed by atoms with van der Waals surface area (Å²) >= 11 is 27.2. The van der Waals surface area contributed by atoms with E-state index < -0.39 is 57.8 Å². The number of esters is 1. The number of amides is 2. The molecule has 1 heterocycles. The Bertz CT molecular complexity index is 1790. The minimum Gasteiger partial charge on any atom is -0.456 e. The number of rotatable bonds is 7. The Morgan fingerprint density at radius 1 is 0.733 bits per heavy atom. The van der Waals surface area contributed by atoms with Crippen LogP contribution < -0.4 is 0 Å². The first kappa shape index (κ1) is 30.0. The van der Waals surface area contributed by atoms with Crippen LogP contribution in [-0.4, -0.2) is 41.1 Å². The molecule has 1 fully saturated rings. The summed E-state index contributed by atoms with van der Waals surface area (Å²) < 4.78 is 5.49. The number of ketones is 1. The van der Waals surface area contributed by atoms with Gasteiger partial charge in [-0.05, 0) is 46.0 Å². The molecule has 4 aromatic carbocycles. The Labute approximate surface area is 278 Å². The molecule has 1 saturated heterocycles. The molecule has 1 aliphatic heterocycles. The Balaban J connectivity index is 1.28. The van der Waals surface area contributed by atoms with Crippen molar-refractivity contribution in [3.63, 3.8) is 0 Å². The first-order valence-electron chi connectivity index (χ1n) is 14.2. The zero-order valence-corrected chi connectivity index (χ0v) is 26.4. The molecule has 0 spiro atoms. The average Bonchev–Trinajstić information content (AvgIpc) is 3.32. The van der Waals surface area contributed by atoms with Crippen LogP contribution in [0.1, 0.15) is 38.2 Å². The van der Waals surface area contributed by atoms with Crippen LogP contribution in [-0.2, 0) is 35.3 Å². The number of alkyl halides is 2. The number of imide groups is 1. The van der Waals surface area contributed by atoms with E-state index in [1.165, 1.54) is 18.2 Å². The lowest BCUT2D eigenvalue weighted by molar-refractivity contribution is -0.158. The van der Waals surface area contributed by atoms with Crippen molar-refractivity contribution in [2.24, 2.45) is 11.8 Å². The first-order valence-corrected chi connectivity index (χ1v) is 15.7. The van der Waals surface area contributed by atoms with Crippen molar-refractivity contribution in [1.29, 1.82) is 0 Å². The summed E-state index contributed by atoms with van der Waals surface area (Å²) in [6, 6.07) is 26.5. The van der Waals surface area contributed by atoms with Gasteiger partial charge in [0, 0.05) is 17.0 Å². The predicted molar refractivity (Wildman–Crippen MR) is 171 cm³/mol. The molecule has 45 heavy (non-hydrogen) atoms. The second-order valence-electron chi connectivity index (χ2n) is 11.4. The zero-order chi connectivity index (χ0) is 31.7. The summed E-state index contributed by atoms with van der Waals surface area (Å²) in [5.41, 5.74) is 3.40. The van der Waals surface area contributed by atoms with Crippen molar-refractivity contribution in [1.82, 2.24) is 4.90 Å². The molecule has 4 aromatic rings. The van der Waals surface area contributed by atoms with Gasteiger partial charge in [-0.3, -0.25) is 19.3 Å². The highest BCUT2D eigenvalue weighted by atomic mass is 35.5. The summed E-state index contributed by atoms with van der Waals surface area (Å²) in [4.78, 5) is 54.0. The lowest BCUT2D eigenvalue weighted by Crippen LogP contribution is -2.57. The van der Waals surface area contributed by atoms with Crippen LogP contribution in [0.25, 0.3) is 0 Å². The first-order chi connectivity index (χ1) is 21.6. The third-order valence-electron chi connectivity index (χ3n) is 9.05. The lowest BCUT2D eigenvalue weighted by Gasteiger charge is -2.54. The fraction of sp³-hybridized carbons (Fsp3) is 0.200. The normalized spacial score (nSPS) is 24.9. The highest BCUT2D eigenvalue weighted by molar-refractivity contribution is 6.37. The van der Waals surface area contributed by atoms with Gasteiger partial charge in [-0.15, -0.1) is 23.2 Å². The van der Waals surface area contributed by atoms with Crippen LogP contribution in [0.15, 0.2) is 97.1 Å². The standard InChI is InChI=1S/C35H23Cl4NO5/c36-20-14-15-21(26(37)17-20)28(41)18-45-33(44)27(16-19-8-2-1-3-9-19)40-31(42)29-30(32(40)43)35(39)23-11-5-4-10-22(23)34(29,38)24-12-6-7-13-25(24)35/h1-15,17,27,29-30H,16,18H2/t27-,29-,30-,34?,35?/m0/s1. The molecule has 8 rings (SSSR count). The summed E-state index contributed by atoms with van der Waals surface area (Å²) in [7, 11) is 0. The topological polar surface area (TPSA) is 80.8 Å². The molecule has 0 radical (unpaired) electrons. The van der Waals surface area contributed by atoms with Crippen LogP contribution in [0.2, 0.25) is 10.0 Å². The van der Waals surface area contributed by atoms with Crippen molar-refractivity contribution < 1.29 is 23.9 Å². The number of benzene rings is 4. The van der Waals surface area contributed by atoms with Gasteiger partial charge in [-0.1, -0.05) is 102 Å². The van der Waals surface area contributed by atoms with E-state index in [0.29, 0.717) is 32.8 Å². The van der Waals surface area contributed by atoms with E-state index in [2.05, 4.69) is 0 Å². The molecule has 4 aliphatic rings. The summed E-state index contributed by atoms with van der Waals surface area (Å²) in [6.45, 7) is -0.662. The maximum atomic E-state index is 14.5. The van der Waals surface area contributed by atoms with Crippen molar-refractivity contribution in [3.8, 4) is 0 Å². The van der Waals surface area contributed by atoms with Gasteiger partial charge in [-0.25, -0.2) is 4.79 Å². The number of halogens is 4. The summed E-state index contributed by atoms with van der Waals surface area (Å²) in [6.07, 6.45) is -0.0447. The number of likely N-dealkylation sites (tertiary alicyclic amines) is 1. The number of ether oxygens (including phenoxy) is 1. The number of carbonyl (C=O) groups excluding carboxylic acids is 4. The Hall–Kier alpha value is -3.68. The van der Waals surface area contributed by atoms with E-state index in [-0.39, 0.29) is 17.0 Å². The van der Waals surface area contributed by atoms with Crippen molar-refractivity contribution in [2.75, 3.05) is 6.61 Å². The van der Waals surface area contributed by atoms with E-state index in [9.17, 15) is 19.2 Å². The molecular formula is C35H23Cl4NO5. The number of nitrogens with zero attached hydrogens (tertiary/aromatic N) is 1. The second kappa shape index (κ2) is 11.0. The molecule has 226 valence electrons. The van der Waals surface area contributed by atoms with Crippen LogP contribution >= 0.6 is 46.4 Å². The molecule has 6 nitrogen and oxygen atoms in total. The quantitative estimate of drug-likeness (QED) is 0.0917. The minimum absolute atomic E-state index is 0.0447. The fourth-order valence-electron chi connectivity index (χ4n) is 7.14. The fourth-order valence-corrected chi connectivity index (χ4v) is 8.75. The lowest BCUT2D eigenvalue weighted by atomic mass is 9.54. The molecule has 0 N–H and O–H groups in total. The number of hydrogen-bond donors (Lipinski definition) is 0. The van der Waals surface area contributed by atoms with Crippen LogP contribution in [0, 0.1) is 11.8 Å².